The molecule has 0 aliphatic rings. The molecular formula is C23H16N4O4S2. The van der Waals surface area contributed by atoms with E-state index in [1.165, 1.54) is 34.8 Å². The monoisotopic (exact) mass is 476 g/mol. The third-order valence-corrected chi connectivity index (χ3v) is 6.83. The first kappa shape index (κ1) is 21.1. The predicted molar refractivity (Wildman–Crippen MR) is 128 cm³/mol. The van der Waals surface area contributed by atoms with E-state index in [2.05, 4.69) is 15.0 Å². The first-order chi connectivity index (χ1) is 16.0. The van der Waals surface area contributed by atoms with Crippen molar-refractivity contribution in [3.05, 3.63) is 92.1 Å². The molecule has 3 heterocycles. The maximum Gasteiger partial charge on any atom is 0.337 e. The second kappa shape index (κ2) is 8.64. The number of thiophene rings is 1. The van der Waals surface area contributed by atoms with Gasteiger partial charge in [0, 0.05) is 0 Å². The van der Waals surface area contributed by atoms with E-state index in [0.29, 0.717) is 49.1 Å². The molecule has 0 aliphatic heterocycles. The van der Waals surface area contributed by atoms with Crippen molar-refractivity contribution in [3.8, 4) is 5.69 Å². The Morgan fingerprint density at radius 1 is 1.09 bits per heavy atom. The number of H-pyrrole nitrogens is 1. The van der Waals surface area contributed by atoms with E-state index >= 15 is 0 Å². The molecule has 0 fully saturated rings. The standard InChI is InChI=1S/C23H16N4O4S2/c1-31-22(30)13-7-8-15-17(11-13)25-23(27(21(15)29)14-5-3-2-4-6-14)33-12-18-24-16-9-10-32-19(16)20(28)26-18/h2-11H,12H2,1H3,(H,24,26,28). The number of benzene rings is 2. The van der Waals surface area contributed by atoms with Crippen molar-refractivity contribution in [1.82, 2.24) is 19.5 Å². The maximum atomic E-state index is 13.4. The SMILES string of the molecule is COC(=O)c1ccc2c(=O)n(-c3ccccc3)c(SCc3nc4ccsc4c(=O)[nH]3)nc2c1. The van der Waals surface area contributed by atoms with Gasteiger partial charge in [-0.3, -0.25) is 14.2 Å². The minimum atomic E-state index is -0.508. The number of aromatic amines is 1. The molecule has 0 amide bonds. The summed E-state index contributed by atoms with van der Waals surface area (Å²) < 4.78 is 6.88. The average Bonchev–Trinajstić information content (AvgIpc) is 3.32. The number of para-hydroxylation sites is 1. The lowest BCUT2D eigenvalue weighted by Gasteiger charge is -2.13. The smallest absolute Gasteiger partial charge is 0.337 e. The number of hydrogen-bond acceptors (Lipinski definition) is 8. The molecule has 0 unspecified atom stereocenters. The highest BCUT2D eigenvalue weighted by molar-refractivity contribution is 7.98. The number of carbonyl (C=O) groups excluding carboxylic acids is 1. The molecular weight excluding hydrogens is 460 g/mol. The van der Waals surface area contributed by atoms with Gasteiger partial charge in [0.15, 0.2) is 5.16 Å². The van der Waals surface area contributed by atoms with Crippen molar-refractivity contribution in [2.75, 3.05) is 7.11 Å². The highest BCUT2D eigenvalue weighted by Gasteiger charge is 2.16. The number of nitrogens with zero attached hydrogens (tertiary/aromatic N) is 3. The van der Waals surface area contributed by atoms with Gasteiger partial charge < -0.3 is 9.72 Å². The van der Waals surface area contributed by atoms with Crippen molar-refractivity contribution in [2.45, 2.75) is 10.9 Å². The van der Waals surface area contributed by atoms with Crippen molar-refractivity contribution in [1.29, 1.82) is 0 Å². The van der Waals surface area contributed by atoms with Gasteiger partial charge in [0.2, 0.25) is 0 Å². The number of rotatable bonds is 5. The fourth-order valence-corrected chi connectivity index (χ4v) is 5.04. The van der Waals surface area contributed by atoms with Crippen molar-refractivity contribution >= 4 is 50.2 Å². The number of esters is 1. The van der Waals surface area contributed by atoms with Gasteiger partial charge in [-0.05, 0) is 41.8 Å². The van der Waals surface area contributed by atoms with Gasteiger partial charge in [0.05, 0.1) is 40.5 Å². The van der Waals surface area contributed by atoms with Crippen LogP contribution >= 0.6 is 23.1 Å². The Labute approximate surface area is 194 Å². The summed E-state index contributed by atoms with van der Waals surface area (Å²) in [6, 6.07) is 15.6. The summed E-state index contributed by atoms with van der Waals surface area (Å²) >= 11 is 2.61. The third kappa shape index (κ3) is 3.94. The Morgan fingerprint density at radius 3 is 2.70 bits per heavy atom. The molecule has 5 aromatic rings. The molecule has 0 aliphatic carbocycles. The zero-order valence-electron chi connectivity index (χ0n) is 17.3. The molecule has 10 heteroatoms. The third-order valence-electron chi connectivity index (χ3n) is 4.98. The van der Waals surface area contributed by atoms with Crippen LogP contribution in [0, 0.1) is 0 Å². The van der Waals surface area contributed by atoms with Gasteiger partial charge in [-0.25, -0.2) is 14.8 Å². The number of hydrogen-bond donors (Lipinski definition) is 1. The Bertz CT molecular complexity index is 1620. The van der Waals surface area contributed by atoms with Gasteiger partial charge in [-0.15, -0.1) is 11.3 Å². The molecule has 0 spiro atoms. The van der Waals surface area contributed by atoms with E-state index in [9.17, 15) is 14.4 Å². The Morgan fingerprint density at radius 2 is 1.91 bits per heavy atom. The molecule has 0 atom stereocenters. The second-order valence-corrected chi connectivity index (χ2v) is 8.89. The van der Waals surface area contributed by atoms with Crippen molar-refractivity contribution < 1.29 is 9.53 Å². The molecule has 0 bridgehead atoms. The van der Waals surface area contributed by atoms with E-state index in [0.717, 1.165) is 0 Å². The second-order valence-electron chi connectivity index (χ2n) is 7.03. The Kier molecular flexibility index (Phi) is 5.53. The summed E-state index contributed by atoms with van der Waals surface area (Å²) in [7, 11) is 1.30. The molecule has 33 heavy (non-hydrogen) atoms. The summed E-state index contributed by atoms with van der Waals surface area (Å²) in [5.41, 5.74) is 1.52. The summed E-state index contributed by atoms with van der Waals surface area (Å²) in [5.74, 6) is 0.266. The molecule has 2 aromatic carbocycles. The molecule has 0 saturated carbocycles. The summed E-state index contributed by atoms with van der Waals surface area (Å²) in [5, 5.41) is 2.61. The normalized spacial score (nSPS) is 11.2. The Hall–Kier alpha value is -3.76. The first-order valence-corrected chi connectivity index (χ1v) is 11.7. The predicted octanol–water partition coefficient (Wildman–Crippen LogP) is 3.76. The Balaban J connectivity index is 1.63. The fourth-order valence-electron chi connectivity index (χ4n) is 3.43. The number of carbonyl (C=O) groups is 1. The largest absolute Gasteiger partial charge is 0.465 e. The molecule has 3 aromatic heterocycles. The van der Waals surface area contributed by atoms with Gasteiger partial charge in [0.1, 0.15) is 10.5 Å². The minimum Gasteiger partial charge on any atom is -0.465 e. The summed E-state index contributed by atoms with van der Waals surface area (Å²) in [6.07, 6.45) is 0. The van der Waals surface area contributed by atoms with Crippen molar-refractivity contribution in [2.24, 2.45) is 0 Å². The highest BCUT2D eigenvalue weighted by atomic mass is 32.2. The number of ether oxygens (including phenoxy) is 1. The molecule has 8 nitrogen and oxygen atoms in total. The zero-order valence-corrected chi connectivity index (χ0v) is 18.9. The van der Waals surface area contributed by atoms with E-state index in [1.54, 1.807) is 24.3 Å². The topological polar surface area (TPSA) is 107 Å². The summed E-state index contributed by atoms with van der Waals surface area (Å²) in [6.45, 7) is 0. The number of methoxy groups -OCH3 is 1. The van der Waals surface area contributed by atoms with Crippen LogP contribution in [0.2, 0.25) is 0 Å². The van der Waals surface area contributed by atoms with Crippen LogP contribution in [0.5, 0.6) is 0 Å². The van der Waals surface area contributed by atoms with E-state index in [4.69, 9.17) is 4.74 Å². The molecule has 164 valence electrons. The maximum absolute atomic E-state index is 13.4. The van der Waals surface area contributed by atoms with Crippen LogP contribution in [0.25, 0.3) is 26.8 Å². The van der Waals surface area contributed by atoms with Gasteiger partial charge >= 0.3 is 5.97 Å². The lowest BCUT2D eigenvalue weighted by Crippen LogP contribution is -2.22. The van der Waals surface area contributed by atoms with Gasteiger partial charge in [-0.2, -0.15) is 0 Å². The van der Waals surface area contributed by atoms with Crippen LogP contribution in [0.3, 0.4) is 0 Å². The van der Waals surface area contributed by atoms with Crippen LogP contribution in [0.15, 0.2) is 74.7 Å². The van der Waals surface area contributed by atoms with Gasteiger partial charge in [0.25, 0.3) is 11.1 Å². The van der Waals surface area contributed by atoms with E-state index in [1.807, 2.05) is 35.7 Å². The lowest BCUT2D eigenvalue weighted by molar-refractivity contribution is 0.0601. The number of fused-ring (bicyclic) bond motifs is 2. The van der Waals surface area contributed by atoms with Crippen LogP contribution in [-0.2, 0) is 10.5 Å². The van der Waals surface area contributed by atoms with E-state index < -0.39 is 5.97 Å². The molecule has 1 N–H and O–H groups in total. The summed E-state index contributed by atoms with van der Waals surface area (Å²) in [4.78, 5) is 49.7. The number of aromatic nitrogens is 4. The van der Waals surface area contributed by atoms with Crippen LogP contribution < -0.4 is 11.1 Å². The minimum absolute atomic E-state index is 0.194. The quantitative estimate of drug-likeness (QED) is 0.234. The number of nitrogens with one attached hydrogen (secondary N) is 1. The van der Waals surface area contributed by atoms with Crippen LogP contribution in [-0.4, -0.2) is 32.6 Å². The molecule has 0 saturated heterocycles. The molecule has 5 rings (SSSR count). The van der Waals surface area contributed by atoms with E-state index in [-0.39, 0.29) is 11.1 Å². The lowest BCUT2D eigenvalue weighted by atomic mass is 10.1. The molecule has 0 radical (unpaired) electrons. The van der Waals surface area contributed by atoms with Crippen LogP contribution in [0.4, 0.5) is 0 Å². The number of thioether (sulfide) groups is 1. The van der Waals surface area contributed by atoms with Crippen molar-refractivity contribution in [3.63, 3.8) is 0 Å². The fraction of sp³-hybridized carbons (Fsp3) is 0.0870. The van der Waals surface area contributed by atoms with Gasteiger partial charge in [-0.1, -0.05) is 30.0 Å². The zero-order chi connectivity index (χ0) is 22.9. The highest BCUT2D eigenvalue weighted by Crippen LogP contribution is 2.25. The van der Waals surface area contributed by atoms with Crippen LogP contribution in [0.1, 0.15) is 16.2 Å². The average molecular weight is 477 g/mol. The first-order valence-electron chi connectivity index (χ1n) is 9.85.